The lowest BCUT2D eigenvalue weighted by molar-refractivity contribution is -0.141. The topological polar surface area (TPSA) is 38.7 Å². The van der Waals surface area contributed by atoms with E-state index in [0.29, 0.717) is 0 Å². The van der Waals surface area contributed by atoms with Crippen LogP contribution < -0.4 is 0 Å². The second-order valence-electron chi connectivity index (χ2n) is 5.72. The first-order chi connectivity index (χ1) is 5.97. The third-order valence-corrected chi connectivity index (χ3v) is 3.42. The molecule has 5 heteroatoms. The molecule has 0 saturated heterocycles. The molecule has 0 aliphatic heterocycles. The summed E-state index contributed by atoms with van der Waals surface area (Å²) in [4.78, 5) is 0. The molecule has 0 aromatic carbocycles. The predicted octanol–water partition coefficient (Wildman–Crippen LogP) is 2.40. The molecule has 86 valence electrons. The van der Waals surface area contributed by atoms with Crippen LogP contribution in [0.3, 0.4) is 0 Å². The van der Waals surface area contributed by atoms with Crippen LogP contribution in [0.4, 0.5) is 0 Å². The summed E-state index contributed by atoms with van der Waals surface area (Å²) in [5.74, 6) is -0.811. The summed E-state index contributed by atoms with van der Waals surface area (Å²) in [6.07, 6.45) is 0. The monoisotopic (exact) mass is 236 g/mol. The van der Waals surface area contributed by atoms with Crippen LogP contribution in [-0.4, -0.2) is 34.1 Å². The first-order valence-electron chi connectivity index (χ1n) is 4.99. The lowest BCUT2D eigenvalue weighted by atomic mass is 10.4. The Bertz CT molecular complexity index is 165. The molecule has 0 aliphatic rings. The van der Waals surface area contributed by atoms with Gasteiger partial charge in [-0.05, 0) is 46.2 Å². The highest BCUT2D eigenvalue weighted by Gasteiger charge is 2.36. The van der Waals surface area contributed by atoms with E-state index in [4.69, 9.17) is 8.85 Å². The van der Waals surface area contributed by atoms with E-state index in [1.54, 1.807) is 0 Å². The number of hydrogen-bond acceptors (Lipinski definition) is 3. The Balaban J connectivity index is 4.49. The van der Waals surface area contributed by atoms with Gasteiger partial charge in [0.25, 0.3) is 0 Å². The molecule has 0 aromatic heterocycles. The van der Waals surface area contributed by atoms with Gasteiger partial charge in [0, 0.05) is 0 Å². The highest BCUT2D eigenvalue weighted by Crippen LogP contribution is 2.23. The first-order valence-corrected chi connectivity index (χ1v) is 11.8. The molecule has 1 N–H and O–H groups in total. The summed E-state index contributed by atoms with van der Waals surface area (Å²) in [6.45, 7) is 14.3. The lowest BCUT2D eigenvalue weighted by Crippen LogP contribution is -2.50. The number of hydrogen-bond donors (Lipinski definition) is 1. The minimum atomic E-state index is -1.68. The highest BCUT2D eigenvalue weighted by molar-refractivity contribution is 6.71. The molecule has 0 unspecified atom stereocenters. The molecular weight excluding hydrogens is 212 g/mol. The van der Waals surface area contributed by atoms with Crippen LogP contribution in [0.1, 0.15) is 6.92 Å². The van der Waals surface area contributed by atoms with Gasteiger partial charge in [0.15, 0.2) is 22.4 Å². The van der Waals surface area contributed by atoms with E-state index in [0.717, 1.165) is 0 Å². The first kappa shape index (κ1) is 14.3. The van der Waals surface area contributed by atoms with Crippen LogP contribution in [0.25, 0.3) is 0 Å². The Morgan fingerprint density at radius 1 is 0.929 bits per heavy atom. The molecule has 0 fully saturated rings. The van der Waals surface area contributed by atoms with Gasteiger partial charge in [-0.2, -0.15) is 0 Å². The molecule has 3 nitrogen and oxygen atoms in total. The van der Waals surface area contributed by atoms with Crippen LogP contribution in [0.5, 0.6) is 0 Å². The van der Waals surface area contributed by atoms with E-state index in [-0.39, 0.29) is 6.61 Å². The zero-order valence-corrected chi connectivity index (χ0v) is 12.5. The second kappa shape index (κ2) is 4.44. The van der Waals surface area contributed by atoms with Crippen molar-refractivity contribution in [2.75, 3.05) is 6.61 Å². The predicted molar refractivity (Wildman–Crippen MR) is 64.4 cm³/mol. The van der Waals surface area contributed by atoms with Crippen molar-refractivity contribution in [3.8, 4) is 0 Å². The standard InChI is InChI=1S/C9H24O3Si2/c1-9(8-10,11-13(2,3)4)12-14(5,6)7/h10H,8H2,1-7H3. The van der Waals surface area contributed by atoms with Crippen molar-refractivity contribution < 1.29 is 14.0 Å². The van der Waals surface area contributed by atoms with Crippen molar-refractivity contribution in [3.63, 3.8) is 0 Å². The van der Waals surface area contributed by atoms with Gasteiger partial charge in [0.1, 0.15) is 0 Å². The minimum Gasteiger partial charge on any atom is -0.391 e. The SMILES string of the molecule is CC(CO)(O[Si](C)(C)C)O[Si](C)(C)C. The van der Waals surface area contributed by atoms with Crippen molar-refractivity contribution in [1.82, 2.24) is 0 Å². The van der Waals surface area contributed by atoms with Gasteiger partial charge in [-0.15, -0.1) is 0 Å². The normalized spacial score (nSPS) is 14.6. The van der Waals surface area contributed by atoms with Crippen molar-refractivity contribution in [2.45, 2.75) is 52.0 Å². The molecule has 0 radical (unpaired) electrons. The average molecular weight is 236 g/mol. The van der Waals surface area contributed by atoms with Crippen molar-refractivity contribution in [1.29, 1.82) is 0 Å². The smallest absolute Gasteiger partial charge is 0.187 e. The van der Waals surface area contributed by atoms with E-state index in [1.807, 2.05) is 6.92 Å². The summed E-state index contributed by atoms with van der Waals surface area (Å²) in [6, 6.07) is 0. The summed E-state index contributed by atoms with van der Waals surface area (Å²) >= 11 is 0. The van der Waals surface area contributed by atoms with Gasteiger partial charge >= 0.3 is 0 Å². The van der Waals surface area contributed by atoms with Gasteiger partial charge in [-0.1, -0.05) is 0 Å². The van der Waals surface area contributed by atoms with Crippen LogP contribution in [0, 0.1) is 0 Å². The summed E-state index contributed by atoms with van der Waals surface area (Å²) in [5, 5.41) is 9.31. The maximum atomic E-state index is 9.31. The van der Waals surface area contributed by atoms with Gasteiger partial charge in [0.2, 0.25) is 0 Å². The highest BCUT2D eigenvalue weighted by atomic mass is 28.4. The molecule has 0 heterocycles. The van der Waals surface area contributed by atoms with E-state index in [1.165, 1.54) is 0 Å². The molecule has 0 amide bonds. The van der Waals surface area contributed by atoms with Crippen molar-refractivity contribution in [3.05, 3.63) is 0 Å². The number of aliphatic hydroxyl groups excluding tert-OH is 1. The summed E-state index contributed by atoms with van der Waals surface area (Å²) in [7, 11) is -3.35. The largest absolute Gasteiger partial charge is 0.391 e. The van der Waals surface area contributed by atoms with Crippen molar-refractivity contribution >= 4 is 16.6 Å². The Morgan fingerprint density at radius 3 is 1.36 bits per heavy atom. The fourth-order valence-corrected chi connectivity index (χ4v) is 4.27. The Labute approximate surface area is 89.7 Å². The van der Waals surface area contributed by atoms with Gasteiger partial charge in [0.05, 0.1) is 6.61 Å². The van der Waals surface area contributed by atoms with E-state index in [2.05, 4.69) is 39.3 Å². The molecule has 0 rings (SSSR count). The maximum Gasteiger partial charge on any atom is 0.187 e. The fourth-order valence-electron chi connectivity index (χ4n) is 1.38. The van der Waals surface area contributed by atoms with Gasteiger partial charge in [-0.25, -0.2) is 0 Å². The molecular formula is C9H24O3Si2. The quantitative estimate of drug-likeness (QED) is 0.588. The molecule has 0 bridgehead atoms. The number of rotatable bonds is 5. The molecule has 0 atom stereocenters. The zero-order chi connectivity index (χ0) is 11.6. The Kier molecular flexibility index (Phi) is 4.54. The molecule has 0 aliphatic carbocycles. The third kappa shape index (κ3) is 6.72. The Hall–Kier alpha value is 0.314. The zero-order valence-electron chi connectivity index (χ0n) is 10.5. The molecule has 0 saturated carbocycles. The summed E-state index contributed by atoms with van der Waals surface area (Å²) in [5.41, 5.74) is 0. The van der Waals surface area contributed by atoms with Crippen LogP contribution >= 0.6 is 0 Å². The van der Waals surface area contributed by atoms with E-state index < -0.39 is 22.4 Å². The maximum absolute atomic E-state index is 9.31. The third-order valence-electron chi connectivity index (χ3n) is 1.33. The van der Waals surface area contributed by atoms with Gasteiger partial charge in [-0.3, -0.25) is 0 Å². The van der Waals surface area contributed by atoms with Crippen molar-refractivity contribution in [2.24, 2.45) is 0 Å². The average Bonchev–Trinajstić information content (AvgIpc) is 1.78. The lowest BCUT2D eigenvalue weighted by Gasteiger charge is -2.39. The Morgan fingerprint density at radius 2 is 1.21 bits per heavy atom. The number of aliphatic hydroxyl groups is 1. The minimum absolute atomic E-state index is 0.0818. The molecule has 14 heavy (non-hydrogen) atoms. The summed E-state index contributed by atoms with van der Waals surface area (Å²) < 4.78 is 11.7. The molecule has 0 spiro atoms. The second-order valence-corrected chi connectivity index (χ2v) is 14.6. The van der Waals surface area contributed by atoms with E-state index >= 15 is 0 Å². The van der Waals surface area contributed by atoms with Crippen LogP contribution in [0.2, 0.25) is 39.3 Å². The molecule has 0 aromatic rings. The van der Waals surface area contributed by atoms with Gasteiger partial charge < -0.3 is 14.0 Å². The van der Waals surface area contributed by atoms with E-state index in [9.17, 15) is 5.11 Å². The van der Waals surface area contributed by atoms with Crippen LogP contribution in [0.15, 0.2) is 0 Å². The fraction of sp³-hybridized carbons (Fsp3) is 1.00. The van der Waals surface area contributed by atoms with Crippen LogP contribution in [-0.2, 0) is 8.85 Å².